The van der Waals surface area contributed by atoms with Gasteiger partial charge >= 0.3 is 6.03 Å². The molecule has 0 aromatic heterocycles. The summed E-state index contributed by atoms with van der Waals surface area (Å²) < 4.78 is 40.2. The van der Waals surface area contributed by atoms with Crippen LogP contribution in [-0.4, -0.2) is 79.9 Å². The number of hydrogen-bond acceptors (Lipinski definition) is 7. The molecule has 2 aromatic carbocycles. The first-order valence-corrected chi connectivity index (χ1v) is 16.7. The Balaban J connectivity index is 0.00000552. The van der Waals surface area contributed by atoms with Crippen LogP contribution < -0.4 is 20.1 Å². The summed E-state index contributed by atoms with van der Waals surface area (Å²) in [6, 6.07) is 13.5. The number of aliphatic hydroxyl groups is 1. The van der Waals surface area contributed by atoms with Crippen molar-refractivity contribution < 1.29 is 32.6 Å². The lowest BCUT2D eigenvalue weighted by molar-refractivity contribution is -0.123. The molecule has 45 heavy (non-hydrogen) atoms. The van der Waals surface area contributed by atoms with Crippen molar-refractivity contribution in [1.82, 2.24) is 19.8 Å². The zero-order valence-corrected chi connectivity index (χ0v) is 28.2. The molecule has 13 heteroatoms. The Morgan fingerprint density at radius 3 is 2.36 bits per heavy atom. The quantitative estimate of drug-likeness (QED) is 0.258. The lowest BCUT2D eigenvalue weighted by atomic mass is 9.89. The first kappa shape index (κ1) is 36.4. The predicted molar refractivity (Wildman–Crippen MR) is 174 cm³/mol. The number of carbonyl (C=O) groups is 2. The number of benzene rings is 2. The zero-order chi connectivity index (χ0) is 32.0. The van der Waals surface area contributed by atoms with Crippen molar-refractivity contribution in [3.63, 3.8) is 0 Å². The van der Waals surface area contributed by atoms with Gasteiger partial charge in [-0.3, -0.25) is 4.79 Å². The fourth-order valence-corrected chi connectivity index (χ4v) is 7.37. The third-order valence-electron chi connectivity index (χ3n) is 7.86. The first-order chi connectivity index (χ1) is 20.8. The van der Waals surface area contributed by atoms with E-state index in [2.05, 4.69) is 10.6 Å². The summed E-state index contributed by atoms with van der Waals surface area (Å²) in [6.07, 6.45) is 2.13. The van der Waals surface area contributed by atoms with E-state index in [1.807, 2.05) is 58.0 Å². The first-order valence-electron chi connectivity index (χ1n) is 15.3. The third kappa shape index (κ3) is 9.71. The van der Waals surface area contributed by atoms with Gasteiger partial charge < -0.3 is 30.1 Å². The topological polar surface area (TPSA) is 138 Å². The smallest absolute Gasteiger partial charge is 0.317 e. The van der Waals surface area contributed by atoms with Crippen LogP contribution in [0.2, 0.25) is 0 Å². The fourth-order valence-electron chi connectivity index (χ4n) is 5.52. The average Bonchev–Trinajstić information content (AvgIpc) is 3.67. The molecule has 1 fully saturated rings. The van der Waals surface area contributed by atoms with Gasteiger partial charge in [0.2, 0.25) is 22.7 Å². The highest BCUT2D eigenvalue weighted by Crippen LogP contribution is 2.37. The molecule has 0 aliphatic carbocycles. The molecule has 2 aliphatic heterocycles. The normalized spacial score (nSPS) is 15.9. The number of amides is 3. The maximum atomic E-state index is 14.2. The number of halogens is 1. The lowest BCUT2D eigenvalue weighted by Gasteiger charge is -2.40. The second kappa shape index (κ2) is 15.5. The van der Waals surface area contributed by atoms with Gasteiger partial charge in [-0.2, -0.15) is 4.31 Å². The van der Waals surface area contributed by atoms with Crippen LogP contribution in [0, 0.1) is 11.3 Å². The van der Waals surface area contributed by atoms with E-state index in [0.29, 0.717) is 18.0 Å². The molecule has 2 heterocycles. The number of ether oxygens (including phenoxy) is 2. The molecule has 250 valence electrons. The summed E-state index contributed by atoms with van der Waals surface area (Å²) in [4.78, 5) is 27.2. The number of nitrogens with one attached hydrogen (secondary N) is 2. The summed E-state index contributed by atoms with van der Waals surface area (Å²) in [5, 5.41) is 18.1. The number of carbonyl (C=O) groups excluding carboxylic acids is 2. The van der Waals surface area contributed by atoms with E-state index >= 15 is 0 Å². The largest absolute Gasteiger partial charge is 0.454 e. The molecule has 2 aliphatic rings. The van der Waals surface area contributed by atoms with E-state index in [1.165, 1.54) is 12.1 Å². The van der Waals surface area contributed by atoms with E-state index in [-0.39, 0.29) is 74.3 Å². The molecule has 0 spiro atoms. The van der Waals surface area contributed by atoms with Gasteiger partial charge in [-0.1, -0.05) is 58.0 Å². The van der Waals surface area contributed by atoms with Gasteiger partial charge in [-0.25, -0.2) is 13.2 Å². The average molecular weight is 667 g/mol. The highest BCUT2D eigenvalue weighted by atomic mass is 35.5. The van der Waals surface area contributed by atoms with E-state index in [0.717, 1.165) is 35.8 Å². The summed E-state index contributed by atoms with van der Waals surface area (Å²) in [6.45, 7) is 9.53. The molecule has 3 N–H and O–H groups in total. The van der Waals surface area contributed by atoms with E-state index < -0.39 is 21.2 Å². The van der Waals surface area contributed by atoms with Crippen molar-refractivity contribution in [3.05, 3.63) is 54.1 Å². The van der Waals surface area contributed by atoms with E-state index in [1.54, 1.807) is 11.0 Å². The summed E-state index contributed by atoms with van der Waals surface area (Å²) in [7, 11) is -4.21. The Morgan fingerprint density at radius 2 is 1.69 bits per heavy atom. The van der Waals surface area contributed by atoms with Crippen LogP contribution in [-0.2, 0) is 21.2 Å². The fraction of sp³-hybridized carbons (Fsp3) is 0.562. The van der Waals surface area contributed by atoms with Gasteiger partial charge in [-0.15, -0.1) is 12.4 Å². The highest BCUT2D eigenvalue weighted by molar-refractivity contribution is 7.89. The Bertz CT molecular complexity index is 1400. The highest BCUT2D eigenvalue weighted by Gasteiger charge is 2.43. The maximum Gasteiger partial charge on any atom is 0.317 e. The summed E-state index contributed by atoms with van der Waals surface area (Å²) in [5.74, 6) is 0.433. The molecule has 1 saturated heterocycles. The Kier molecular flexibility index (Phi) is 12.5. The van der Waals surface area contributed by atoms with Crippen molar-refractivity contribution in [3.8, 4) is 11.5 Å². The van der Waals surface area contributed by atoms with E-state index in [4.69, 9.17) is 9.47 Å². The maximum absolute atomic E-state index is 14.2. The number of likely N-dealkylation sites (tertiary alicyclic amines) is 1. The minimum atomic E-state index is -4.21. The minimum Gasteiger partial charge on any atom is -0.454 e. The predicted octanol–water partition coefficient (Wildman–Crippen LogP) is 4.14. The van der Waals surface area contributed by atoms with E-state index in [9.17, 15) is 23.1 Å². The van der Waals surface area contributed by atoms with Crippen molar-refractivity contribution in [2.45, 2.75) is 70.4 Å². The van der Waals surface area contributed by atoms with Crippen LogP contribution in [0.5, 0.6) is 11.5 Å². The standard InChI is InChI=1S/C32H46N4O7S.ClH/c1-24(2)21-36(44(40,41)26-12-13-27-28(18-26)43-23-42-27)32(39,19-25-10-6-5-7-11-25)14-15-33-29(37)20-31(3,4)22-34-30(38)35-16-8-9-17-35;/h5-7,10-13,18,24,39H,8-9,14-17,19-23H2,1-4H3,(H,33,37)(H,34,38);1H. The molecule has 2 aromatic rings. The van der Waals surface area contributed by atoms with Crippen LogP contribution in [0.25, 0.3) is 0 Å². The molecular weight excluding hydrogens is 620 g/mol. The summed E-state index contributed by atoms with van der Waals surface area (Å²) in [5.41, 5.74) is -1.61. The second-order valence-corrected chi connectivity index (χ2v) is 14.7. The van der Waals surface area contributed by atoms with Gasteiger partial charge in [0.05, 0.1) is 4.90 Å². The number of fused-ring (bicyclic) bond motifs is 1. The van der Waals surface area contributed by atoms with Crippen molar-refractivity contribution in [1.29, 1.82) is 0 Å². The van der Waals surface area contributed by atoms with Gasteiger partial charge in [0.15, 0.2) is 11.5 Å². The monoisotopic (exact) mass is 666 g/mol. The molecule has 11 nitrogen and oxygen atoms in total. The van der Waals surface area contributed by atoms with Gasteiger partial charge in [-0.05, 0) is 41.9 Å². The SMILES string of the molecule is CC(C)CN(C(O)(CCNC(=O)CC(C)(C)CNC(=O)N1CCCC1)Cc1ccccc1)S(=O)(=O)c1ccc2c(c1)OCO2.Cl. The van der Waals surface area contributed by atoms with Gasteiger partial charge in [0.25, 0.3) is 0 Å². The Labute approximate surface area is 273 Å². The molecule has 0 radical (unpaired) electrons. The number of sulfonamides is 1. The number of nitrogens with zero attached hydrogens (tertiary/aromatic N) is 2. The van der Waals surface area contributed by atoms with Crippen LogP contribution in [0.4, 0.5) is 4.79 Å². The summed E-state index contributed by atoms with van der Waals surface area (Å²) >= 11 is 0. The van der Waals surface area contributed by atoms with Crippen LogP contribution in [0.15, 0.2) is 53.4 Å². The molecule has 0 saturated carbocycles. The van der Waals surface area contributed by atoms with Crippen molar-refractivity contribution >= 4 is 34.4 Å². The van der Waals surface area contributed by atoms with Crippen LogP contribution in [0.3, 0.4) is 0 Å². The molecular formula is C32H47ClN4O7S. The molecule has 3 amide bonds. The molecule has 0 bridgehead atoms. The van der Waals surface area contributed by atoms with Gasteiger partial charge in [0, 0.05) is 58.1 Å². The third-order valence-corrected chi connectivity index (χ3v) is 9.77. The van der Waals surface area contributed by atoms with Crippen molar-refractivity contribution in [2.75, 3.05) is 39.5 Å². The van der Waals surface area contributed by atoms with Gasteiger partial charge in [0.1, 0.15) is 5.72 Å². The number of rotatable bonds is 14. The second-order valence-electron chi connectivity index (χ2n) is 12.9. The van der Waals surface area contributed by atoms with Crippen molar-refractivity contribution in [2.24, 2.45) is 11.3 Å². The molecule has 1 unspecified atom stereocenters. The zero-order valence-electron chi connectivity index (χ0n) is 26.6. The number of hydrogen-bond donors (Lipinski definition) is 3. The minimum absolute atomic E-state index is 0. The molecule has 1 atom stereocenters. The molecule has 4 rings (SSSR count). The van der Waals surface area contributed by atoms with Crippen LogP contribution in [0.1, 0.15) is 58.9 Å². The lowest BCUT2D eigenvalue weighted by Crippen LogP contribution is -2.56. The number of urea groups is 1. The Hall–Kier alpha value is -3.06. The van der Waals surface area contributed by atoms with Crippen LogP contribution >= 0.6 is 12.4 Å². The Morgan fingerprint density at radius 1 is 1.02 bits per heavy atom.